The summed E-state index contributed by atoms with van der Waals surface area (Å²) in [6, 6.07) is 5.98. The van der Waals surface area contributed by atoms with Gasteiger partial charge in [-0.15, -0.1) is 0 Å². The van der Waals surface area contributed by atoms with Crippen LogP contribution in [-0.2, 0) is 7.05 Å². The molecule has 0 bridgehead atoms. The number of ether oxygens (including phenoxy) is 1. The molecule has 0 aliphatic carbocycles. The largest absolute Gasteiger partial charge is 0.493 e. The van der Waals surface area contributed by atoms with E-state index in [4.69, 9.17) is 14.9 Å². The first kappa shape index (κ1) is 23.5. The molecule has 1 aromatic carbocycles. The highest BCUT2D eigenvalue weighted by atomic mass is 16.5. The molecular weight excluding hydrogens is 464 g/mol. The van der Waals surface area contributed by atoms with Crippen molar-refractivity contribution >= 4 is 34.5 Å². The maximum absolute atomic E-state index is 12.0. The Morgan fingerprint density at radius 3 is 2.81 bits per heavy atom. The summed E-state index contributed by atoms with van der Waals surface area (Å²) >= 11 is 0. The first-order valence-corrected chi connectivity index (χ1v) is 11.6. The number of carbonyl (C=O) groups is 1. The maximum atomic E-state index is 12.0. The fraction of sp³-hybridized carbons (Fsp3) is 0.375. The van der Waals surface area contributed by atoms with Crippen LogP contribution < -0.4 is 20.7 Å². The molecule has 12 nitrogen and oxygen atoms in total. The van der Waals surface area contributed by atoms with Gasteiger partial charge in [0.1, 0.15) is 11.3 Å². The number of nitrogens with one attached hydrogen (secondary N) is 1. The number of aryl methyl sites for hydroxylation is 1. The van der Waals surface area contributed by atoms with Gasteiger partial charge < -0.3 is 30.2 Å². The average Bonchev–Trinajstić information content (AvgIpc) is 3.37. The minimum atomic E-state index is -0.781. The molecular formula is C24H28N8O4. The lowest BCUT2D eigenvalue weighted by Crippen LogP contribution is -2.45. The van der Waals surface area contributed by atoms with Crippen LogP contribution in [0.15, 0.2) is 41.2 Å². The van der Waals surface area contributed by atoms with Gasteiger partial charge in [-0.2, -0.15) is 10.1 Å². The zero-order chi connectivity index (χ0) is 25.4. The number of aromatic nitrogens is 5. The molecule has 4 aromatic rings. The van der Waals surface area contributed by atoms with Gasteiger partial charge in [-0.1, -0.05) is 0 Å². The van der Waals surface area contributed by atoms with Gasteiger partial charge in [-0.3, -0.25) is 9.48 Å². The minimum Gasteiger partial charge on any atom is -0.493 e. The van der Waals surface area contributed by atoms with E-state index >= 15 is 0 Å². The lowest BCUT2D eigenvalue weighted by Gasteiger charge is -2.37. The number of nitrogens with zero attached hydrogens (tertiary/aromatic N) is 6. The van der Waals surface area contributed by atoms with Crippen LogP contribution in [0.1, 0.15) is 42.4 Å². The Bertz CT molecular complexity index is 1400. The van der Waals surface area contributed by atoms with E-state index in [1.807, 2.05) is 17.0 Å². The maximum Gasteiger partial charge on any atom is 0.298 e. The molecule has 0 atom stereocenters. The molecule has 1 aliphatic heterocycles. The number of rotatable bonds is 9. The van der Waals surface area contributed by atoms with Crippen molar-refractivity contribution in [2.75, 3.05) is 29.9 Å². The molecule has 1 saturated heterocycles. The first-order valence-electron chi connectivity index (χ1n) is 11.6. The SMILES string of the molecule is Cn1cc(Nc2ncc(C3CN(c4nc5ccc(OCCC(C)(C)O)cc5o4)C3)nc2C(N)=O)cn1. The van der Waals surface area contributed by atoms with Gasteiger partial charge in [0.2, 0.25) is 0 Å². The molecule has 188 valence electrons. The fourth-order valence-corrected chi connectivity index (χ4v) is 3.84. The van der Waals surface area contributed by atoms with Crippen LogP contribution in [0.5, 0.6) is 5.75 Å². The van der Waals surface area contributed by atoms with E-state index in [0.717, 1.165) is 5.52 Å². The summed E-state index contributed by atoms with van der Waals surface area (Å²) in [5.74, 6) is 0.338. The number of nitrogens with two attached hydrogens (primary N) is 1. The molecule has 0 radical (unpaired) electrons. The Morgan fingerprint density at radius 2 is 2.11 bits per heavy atom. The molecule has 1 aliphatic rings. The van der Waals surface area contributed by atoms with Gasteiger partial charge in [-0.05, 0) is 26.0 Å². The third-order valence-electron chi connectivity index (χ3n) is 5.89. The summed E-state index contributed by atoms with van der Waals surface area (Å²) in [6.07, 6.45) is 5.55. The lowest BCUT2D eigenvalue weighted by molar-refractivity contribution is 0.0553. The number of amides is 1. The standard InChI is InChI=1S/C24H28N8O4/c1-24(2,34)6-7-35-16-4-5-17-19(8-16)36-23(30-17)32-11-14(12-32)18-10-26-22(20(29-18)21(25)33)28-15-9-27-31(3)13-15/h4-5,8-10,13-14,34H,6-7,11-12H2,1-3H3,(H2,25,33)(H,26,28). The molecule has 0 spiro atoms. The van der Waals surface area contributed by atoms with E-state index < -0.39 is 11.5 Å². The lowest BCUT2D eigenvalue weighted by atomic mass is 9.97. The van der Waals surface area contributed by atoms with Gasteiger partial charge in [0.25, 0.3) is 11.9 Å². The predicted octanol–water partition coefficient (Wildman–Crippen LogP) is 2.34. The molecule has 4 N–H and O–H groups in total. The molecule has 12 heteroatoms. The Balaban J connectivity index is 1.24. The summed E-state index contributed by atoms with van der Waals surface area (Å²) in [5.41, 5.74) is 7.57. The van der Waals surface area contributed by atoms with Crippen molar-refractivity contribution in [1.82, 2.24) is 24.7 Å². The van der Waals surface area contributed by atoms with Crippen molar-refractivity contribution in [3.63, 3.8) is 0 Å². The molecule has 3 aromatic heterocycles. The van der Waals surface area contributed by atoms with E-state index in [0.29, 0.717) is 54.8 Å². The molecule has 4 heterocycles. The van der Waals surface area contributed by atoms with Crippen molar-refractivity contribution in [3.8, 4) is 5.75 Å². The van der Waals surface area contributed by atoms with Crippen LogP contribution in [0.25, 0.3) is 11.1 Å². The molecule has 1 fully saturated rings. The van der Waals surface area contributed by atoms with E-state index in [1.165, 1.54) is 0 Å². The summed E-state index contributed by atoms with van der Waals surface area (Å²) in [4.78, 5) is 27.5. The van der Waals surface area contributed by atoms with E-state index in [2.05, 4.69) is 25.4 Å². The first-order chi connectivity index (χ1) is 17.1. The highest BCUT2D eigenvalue weighted by molar-refractivity contribution is 5.96. The topological polar surface area (TPSA) is 157 Å². The summed E-state index contributed by atoms with van der Waals surface area (Å²) in [7, 11) is 1.79. The summed E-state index contributed by atoms with van der Waals surface area (Å²) in [6.45, 7) is 5.12. The number of primary amides is 1. The van der Waals surface area contributed by atoms with Crippen molar-refractivity contribution in [2.45, 2.75) is 31.8 Å². The van der Waals surface area contributed by atoms with Crippen molar-refractivity contribution in [1.29, 1.82) is 0 Å². The van der Waals surface area contributed by atoms with Crippen molar-refractivity contribution in [3.05, 3.63) is 48.2 Å². The Kier molecular flexibility index (Phi) is 5.96. The van der Waals surface area contributed by atoms with Crippen LogP contribution in [0, 0.1) is 0 Å². The van der Waals surface area contributed by atoms with Crippen LogP contribution in [0.3, 0.4) is 0 Å². The number of hydrogen-bond acceptors (Lipinski definition) is 10. The number of benzene rings is 1. The second-order valence-corrected chi connectivity index (χ2v) is 9.52. The number of anilines is 3. The van der Waals surface area contributed by atoms with Crippen molar-refractivity contribution < 1.29 is 19.1 Å². The zero-order valence-electron chi connectivity index (χ0n) is 20.3. The van der Waals surface area contributed by atoms with Crippen LogP contribution in [0.4, 0.5) is 17.5 Å². The normalized spacial score (nSPS) is 14.2. The molecule has 5 rings (SSSR count). The smallest absolute Gasteiger partial charge is 0.298 e. The number of carbonyl (C=O) groups excluding carboxylic acids is 1. The molecule has 1 amide bonds. The van der Waals surface area contributed by atoms with Gasteiger partial charge in [0, 0.05) is 44.7 Å². The number of oxazole rings is 1. The highest BCUT2D eigenvalue weighted by Gasteiger charge is 2.33. The van der Waals surface area contributed by atoms with Crippen LogP contribution >= 0.6 is 0 Å². The van der Waals surface area contributed by atoms with Gasteiger partial charge in [0.05, 0.1) is 36.0 Å². The highest BCUT2D eigenvalue weighted by Crippen LogP contribution is 2.33. The van der Waals surface area contributed by atoms with Gasteiger partial charge in [0.15, 0.2) is 17.1 Å². The quantitative estimate of drug-likeness (QED) is 0.317. The molecule has 0 unspecified atom stereocenters. The predicted molar refractivity (Wildman–Crippen MR) is 132 cm³/mol. The second-order valence-electron chi connectivity index (χ2n) is 9.52. The number of hydrogen-bond donors (Lipinski definition) is 3. The van der Waals surface area contributed by atoms with E-state index in [1.54, 1.807) is 50.2 Å². The van der Waals surface area contributed by atoms with Gasteiger partial charge in [-0.25, -0.2) is 9.97 Å². The van der Waals surface area contributed by atoms with E-state index in [9.17, 15) is 9.90 Å². The fourth-order valence-electron chi connectivity index (χ4n) is 3.84. The zero-order valence-corrected chi connectivity index (χ0v) is 20.3. The Labute approximate surface area is 207 Å². The van der Waals surface area contributed by atoms with Crippen LogP contribution in [-0.4, -0.2) is 61.0 Å². The van der Waals surface area contributed by atoms with Crippen molar-refractivity contribution in [2.24, 2.45) is 12.8 Å². The monoisotopic (exact) mass is 492 g/mol. The molecule has 36 heavy (non-hydrogen) atoms. The second kappa shape index (κ2) is 9.11. The average molecular weight is 493 g/mol. The third kappa shape index (κ3) is 5.08. The Hall–Kier alpha value is -4.19. The number of fused-ring (bicyclic) bond motifs is 1. The minimum absolute atomic E-state index is 0.0544. The molecule has 0 saturated carbocycles. The summed E-state index contributed by atoms with van der Waals surface area (Å²) in [5, 5.41) is 17.0. The van der Waals surface area contributed by atoms with Gasteiger partial charge >= 0.3 is 0 Å². The number of aliphatic hydroxyl groups is 1. The van der Waals surface area contributed by atoms with E-state index in [-0.39, 0.29) is 17.4 Å². The summed E-state index contributed by atoms with van der Waals surface area (Å²) < 4.78 is 13.3. The Morgan fingerprint density at radius 1 is 1.31 bits per heavy atom. The third-order valence-corrected chi connectivity index (χ3v) is 5.89. The van der Waals surface area contributed by atoms with Crippen LogP contribution in [0.2, 0.25) is 0 Å².